The number of aromatic nitrogens is 4. The first kappa shape index (κ1) is 18.3. The number of nitrogens with zero attached hydrogens (tertiary/aromatic N) is 6. The molecule has 30 heavy (non-hydrogen) atoms. The fourth-order valence-electron chi connectivity index (χ4n) is 3.63. The number of carbonyl (C=O) groups is 2. The van der Waals surface area contributed by atoms with Gasteiger partial charge in [0.25, 0.3) is 0 Å². The van der Waals surface area contributed by atoms with Crippen molar-refractivity contribution in [2.75, 3.05) is 36.2 Å². The third kappa shape index (κ3) is 3.19. The Labute approximate surface area is 172 Å². The molecule has 1 saturated carbocycles. The summed E-state index contributed by atoms with van der Waals surface area (Å²) in [6.45, 7) is 0.500. The highest BCUT2D eigenvalue weighted by Crippen LogP contribution is 2.42. The molecule has 5 rings (SSSR count). The maximum atomic E-state index is 12.6. The quantitative estimate of drug-likeness (QED) is 0.603. The van der Waals surface area contributed by atoms with Crippen molar-refractivity contribution < 1.29 is 9.59 Å². The molecule has 2 aliphatic rings. The second-order valence-electron chi connectivity index (χ2n) is 7.61. The second-order valence-corrected chi connectivity index (χ2v) is 7.61. The minimum Gasteiger partial charge on any atom is -0.373 e. The van der Waals surface area contributed by atoms with E-state index in [1.807, 2.05) is 22.7 Å². The third-order valence-corrected chi connectivity index (χ3v) is 5.50. The number of imide groups is 1. The maximum Gasteiger partial charge on any atom is 0.331 e. The first-order valence-electron chi connectivity index (χ1n) is 9.86. The maximum absolute atomic E-state index is 12.6. The molecule has 0 bridgehead atoms. The van der Waals surface area contributed by atoms with Crippen LogP contribution in [0, 0.1) is 0 Å². The molecule has 154 valence electrons. The molecule has 4 heterocycles. The number of nitrogens with one attached hydrogen (secondary N) is 2. The van der Waals surface area contributed by atoms with Crippen LogP contribution in [0.5, 0.6) is 0 Å². The standard InChI is InChI=1S/C20H22N8O2/c1-21-16-6-17(24-11-23-16)22-7-14-9-27-8-13(12-3-4-12)5-15(19(27)25-14)28-10-18(29)26(2)20(28)30/h5-6,8-9,11-12H,3-4,7,10H2,1-2H3,(H2,21,22,23,24). The molecule has 1 aliphatic carbocycles. The molecule has 0 aromatic carbocycles. The van der Waals surface area contributed by atoms with Gasteiger partial charge in [0.2, 0.25) is 5.91 Å². The topological polar surface area (TPSA) is 108 Å². The van der Waals surface area contributed by atoms with Crippen LogP contribution in [-0.4, -0.2) is 56.8 Å². The molecule has 2 fully saturated rings. The van der Waals surface area contributed by atoms with Crippen LogP contribution >= 0.6 is 0 Å². The van der Waals surface area contributed by atoms with Crippen molar-refractivity contribution in [3.05, 3.63) is 42.1 Å². The summed E-state index contributed by atoms with van der Waals surface area (Å²) in [5.74, 6) is 1.70. The Morgan fingerprint density at radius 3 is 2.63 bits per heavy atom. The fraction of sp³-hybridized carbons (Fsp3) is 0.350. The molecule has 0 unspecified atom stereocenters. The fourth-order valence-corrected chi connectivity index (χ4v) is 3.63. The van der Waals surface area contributed by atoms with Crippen molar-refractivity contribution in [2.45, 2.75) is 25.3 Å². The summed E-state index contributed by atoms with van der Waals surface area (Å²) in [7, 11) is 3.31. The number of carbonyl (C=O) groups excluding carboxylic acids is 2. The molecule has 0 radical (unpaired) electrons. The monoisotopic (exact) mass is 406 g/mol. The lowest BCUT2D eigenvalue weighted by molar-refractivity contribution is -0.123. The van der Waals surface area contributed by atoms with Crippen molar-refractivity contribution in [3.8, 4) is 0 Å². The lowest BCUT2D eigenvalue weighted by Gasteiger charge is -2.17. The second kappa shape index (κ2) is 6.97. The number of hydrogen-bond acceptors (Lipinski definition) is 7. The smallest absolute Gasteiger partial charge is 0.331 e. The van der Waals surface area contributed by atoms with E-state index in [2.05, 4.69) is 26.8 Å². The highest BCUT2D eigenvalue weighted by Gasteiger charge is 2.36. The average Bonchev–Trinajstić information content (AvgIpc) is 3.48. The van der Waals surface area contributed by atoms with Gasteiger partial charge in [-0.05, 0) is 30.4 Å². The van der Waals surface area contributed by atoms with E-state index < -0.39 is 0 Å². The van der Waals surface area contributed by atoms with Gasteiger partial charge in [0, 0.05) is 32.6 Å². The van der Waals surface area contributed by atoms with E-state index in [4.69, 9.17) is 4.98 Å². The molecule has 10 nitrogen and oxygen atoms in total. The Morgan fingerprint density at radius 1 is 1.13 bits per heavy atom. The van der Waals surface area contributed by atoms with Crippen LogP contribution in [0.1, 0.15) is 30.0 Å². The van der Waals surface area contributed by atoms with E-state index >= 15 is 0 Å². The number of pyridine rings is 1. The summed E-state index contributed by atoms with van der Waals surface area (Å²) >= 11 is 0. The van der Waals surface area contributed by atoms with Crippen LogP contribution in [0.25, 0.3) is 5.65 Å². The van der Waals surface area contributed by atoms with Crippen molar-refractivity contribution in [1.29, 1.82) is 0 Å². The zero-order valence-corrected chi connectivity index (χ0v) is 16.8. The van der Waals surface area contributed by atoms with Crippen LogP contribution in [0.2, 0.25) is 0 Å². The molecular weight excluding hydrogens is 384 g/mol. The molecule has 0 spiro atoms. The van der Waals surface area contributed by atoms with E-state index in [1.165, 1.54) is 23.8 Å². The van der Waals surface area contributed by atoms with Gasteiger partial charge >= 0.3 is 6.03 Å². The van der Waals surface area contributed by atoms with Gasteiger partial charge in [-0.3, -0.25) is 14.6 Å². The van der Waals surface area contributed by atoms with Crippen molar-refractivity contribution >= 4 is 34.9 Å². The Hall–Kier alpha value is -3.69. The summed E-state index contributed by atoms with van der Waals surface area (Å²) in [4.78, 5) is 40.4. The van der Waals surface area contributed by atoms with E-state index in [0.29, 0.717) is 29.6 Å². The SMILES string of the molecule is CNc1cc(NCc2cn3cc(C4CC4)cc(N4CC(=O)N(C)C4=O)c3n2)ncn1. The number of hydrogen-bond donors (Lipinski definition) is 2. The molecule has 1 aliphatic heterocycles. The molecule has 2 N–H and O–H groups in total. The van der Waals surface area contributed by atoms with E-state index in [-0.39, 0.29) is 18.5 Å². The average molecular weight is 406 g/mol. The summed E-state index contributed by atoms with van der Waals surface area (Å²) < 4.78 is 1.95. The first-order chi connectivity index (χ1) is 14.5. The molecule has 3 aromatic rings. The van der Waals surface area contributed by atoms with E-state index in [9.17, 15) is 9.59 Å². The predicted octanol–water partition coefficient (Wildman–Crippen LogP) is 2.05. The van der Waals surface area contributed by atoms with Gasteiger partial charge in [-0.25, -0.2) is 19.7 Å². The summed E-state index contributed by atoms with van der Waals surface area (Å²) in [6, 6.07) is 3.50. The van der Waals surface area contributed by atoms with Crippen LogP contribution in [0.4, 0.5) is 22.1 Å². The highest BCUT2D eigenvalue weighted by atomic mass is 16.2. The predicted molar refractivity (Wildman–Crippen MR) is 112 cm³/mol. The molecular formula is C20H22N8O2. The zero-order chi connectivity index (χ0) is 20.8. The summed E-state index contributed by atoms with van der Waals surface area (Å²) in [6.07, 6.45) is 7.79. The normalized spacial score (nSPS) is 16.6. The van der Waals surface area contributed by atoms with Crippen LogP contribution in [0.3, 0.4) is 0 Å². The third-order valence-electron chi connectivity index (χ3n) is 5.50. The van der Waals surface area contributed by atoms with Gasteiger partial charge in [-0.1, -0.05) is 0 Å². The van der Waals surface area contributed by atoms with Gasteiger partial charge in [0.15, 0.2) is 5.65 Å². The molecule has 3 aromatic heterocycles. The van der Waals surface area contributed by atoms with Crippen molar-refractivity contribution in [1.82, 2.24) is 24.3 Å². The van der Waals surface area contributed by atoms with Crippen molar-refractivity contribution in [3.63, 3.8) is 0 Å². The Morgan fingerprint density at radius 2 is 1.93 bits per heavy atom. The number of amides is 3. The minimum atomic E-state index is -0.321. The number of anilines is 3. The highest BCUT2D eigenvalue weighted by molar-refractivity contribution is 6.13. The van der Waals surface area contributed by atoms with Gasteiger partial charge in [-0.2, -0.15) is 0 Å². The Balaban J connectivity index is 1.48. The lowest BCUT2D eigenvalue weighted by atomic mass is 10.1. The lowest BCUT2D eigenvalue weighted by Crippen LogP contribution is -2.30. The van der Waals surface area contributed by atoms with Gasteiger partial charge in [0.05, 0.1) is 17.9 Å². The number of fused-ring (bicyclic) bond motifs is 1. The van der Waals surface area contributed by atoms with E-state index in [1.54, 1.807) is 7.05 Å². The molecule has 0 atom stereocenters. The minimum absolute atomic E-state index is 0.0350. The largest absolute Gasteiger partial charge is 0.373 e. The summed E-state index contributed by atoms with van der Waals surface area (Å²) in [5.41, 5.74) is 3.30. The first-order valence-corrected chi connectivity index (χ1v) is 9.86. The Kier molecular flexibility index (Phi) is 4.27. The van der Waals surface area contributed by atoms with Crippen molar-refractivity contribution in [2.24, 2.45) is 0 Å². The zero-order valence-electron chi connectivity index (χ0n) is 16.8. The van der Waals surface area contributed by atoms with E-state index in [0.717, 1.165) is 29.3 Å². The van der Waals surface area contributed by atoms with Crippen LogP contribution in [0.15, 0.2) is 30.9 Å². The van der Waals surface area contributed by atoms with Gasteiger partial charge < -0.3 is 15.0 Å². The molecule has 1 saturated heterocycles. The van der Waals surface area contributed by atoms with Gasteiger partial charge in [-0.15, -0.1) is 0 Å². The molecule has 3 amide bonds. The number of urea groups is 1. The van der Waals surface area contributed by atoms with Gasteiger partial charge in [0.1, 0.15) is 24.5 Å². The number of rotatable bonds is 6. The molecule has 10 heteroatoms. The van der Waals surface area contributed by atoms with Crippen LogP contribution < -0.4 is 15.5 Å². The number of imidazole rings is 1. The number of likely N-dealkylation sites (N-methyl/N-ethyl adjacent to an activating group) is 1. The van der Waals surface area contributed by atoms with Crippen LogP contribution in [-0.2, 0) is 11.3 Å². The Bertz CT molecular complexity index is 1150. The summed E-state index contributed by atoms with van der Waals surface area (Å²) in [5, 5.41) is 6.23.